The van der Waals surface area contributed by atoms with Crippen LogP contribution in [-0.2, 0) is 4.74 Å². The molecule has 3 heteroatoms. The molecule has 1 fully saturated rings. The lowest BCUT2D eigenvalue weighted by atomic mass is 9.92. The first-order chi connectivity index (χ1) is 6.24. The van der Waals surface area contributed by atoms with Gasteiger partial charge in [0.1, 0.15) is 0 Å². The normalized spacial score (nSPS) is 24.2. The minimum atomic E-state index is 0.429. The van der Waals surface area contributed by atoms with Crippen LogP contribution >= 0.6 is 0 Å². The first-order valence-electron chi connectivity index (χ1n) is 5.28. The van der Waals surface area contributed by atoms with Crippen molar-refractivity contribution in [1.82, 2.24) is 5.32 Å². The van der Waals surface area contributed by atoms with E-state index in [4.69, 9.17) is 10.5 Å². The SMILES string of the molecule is CC(CN)NC(C)C1CCOCC1. The zero-order valence-electron chi connectivity index (χ0n) is 8.75. The zero-order chi connectivity index (χ0) is 9.68. The molecule has 1 aliphatic heterocycles. The molecule has 0 aliphatic carbocycles. The summed E-state index contributed by atoms with van der Waals surface area (Å²) in [6.07, 6.45) is 2.37. The van der Waals surface area contributed by atoms with E-state index in [1.807, 2.05) is 0 Å². The van der Waals surface area contributed by atoms with Gasteiger partial charge in [0, 0.05) is 31.8 Å². The lowest BCUT2D eigenvalue weighted by Crippen LogP contribution is -2.44. The average Bonchev–Trinajstić information content (AvgIpc) is 2.19. The van der Waals surface area contributed by atoms with Crippen LogP contribution in [0.4, 0.5) is 0 Å². The molecule has 1 rings (SSSR count). The number of hydrogen-bond acceptors (Lipinski definition) is 3. The standard InChI is InChI=1S/C10H22N2O/c1-8(7-11)12-9(2)10-3-5-13-6-4-10/h8-10,12H,3-7,11H2,1-2H3. The summed E-state index contributed by atoms with van der Waals surface area (Å²) in [5.41, 5.74) is 5.56. The van der Waals surface area contributed by atoms with Crippen LogP contribution in [0.2, 0.25) is 0 Å². The van der Waals surface area contributed by atoms with E-state index in [0.29, 0.717) is 18.6 Å². The largest absolute Gasteiger partial charge is 0.381 e. The van der Waals surface area contributed by atoms with Crippen molar-refractivity contribution in [3.8, 4) is 0 Å². The molecule has 0 spiro atoms. The number of nitrogens with one attached hydrogen (secondary N) is 1. The quantitative estimate of drug-likeness (QED) is 0.680. The fraction of sp³-hybridized carbons (Fsp3) is 1.00. The van der Waals surface area contributed by atoms with E-state index in [1.54, 1.807) is 0 Å². The highest BCUT2D eigenvalue weighted by Crippen LogP contribution is 2.18. The van der Waals surface area contributed by atoms with E-state index in [-0.39, 0.29) is 0 Å². The highest BCUT2D eigenvalue weighted by molar-refractivity contribution is 4.77. The van der Waals surface area contributed by atoms with Crippen LogP contribution in [0.5, 0.6) is 0 Å². The number of rotatable bonds is 4. The van der Waals surface area contributed by atoms with E-state index < -0.39 is 0 Å². The lowest BCUT2D eigenvalue weighted by molar-refractivity contribution is 0.0548. The van der Waals surface area contributed by atoms with Crippen molar-refractivity contribution in [2.24, 2.45) is 11.7 Å². The maximum absolute atomic E-state index is 5.56. The summed E-state index contributed by atoms with van der Waals surface area (Å²) in [7, 11) is 0. The minimum Gasteiger partial charge on any atom is -0.381 e. The van der Waals surface area contributed by atoms with Gasteiger partial charge in [-0.2, -0.15) is 0 Å². The summed E-state index contributed by atoms with van der Waals surface area (Å²) in [4.78, 5) is 0. The summed E-state index contributed by atoms with van der Waals surface area (Å²) in [5, 5.41) is 3.52. The third-order valence-corrected chi connectivity index (χ3v) is 2.87. The smallest absolute Gasteiger partial charge is 0.0469 e. The van der Waals surface area contributed by atoms with Crippen molar-refractivity contribution in [3.05, 3.63) is 0 Å². The Morgan fingerprint density at radius 1 is 1.38 bits per heavy atom. The second-order valence-electron chi connectivity index (χ2n) is 4.04. The fourth-order valence-corrected chi connectivity index (χ4v) is 1.87. The maximum atomic E-state index is 5.56. The fourth-order valence-electron chi connectivity index (χ4n) is 1.87. The van der Waals surface area contributed by atoms with Gasteiger partial charge in [0.25, 0.3) is 0 Å². The van der Waals surface area contributed by atoms with Crippen LogP contribution in [-0.4, -0.2) is 31.8 Å². The minimum absolute atomic E-state index is 0.429. The van der Waals surface area contributed by atoms with Gasteiger partial charge in [-0.25, -0.2) is 0 Å². The Balaban J connectivity index is 2.24. The summed E-state index contributed by atoms with van der Waals surface area (Å²) < 4.78 is 5.33. The van der Waals surface area contributed by atoms with E-state index in [0.717, 1.165) is 19.1 Å². The number of ether oxygens (including phenoxy) is 1. The molecule has 0 aromatic carbocycles. The zero-order valence-corrected chi connectivity index (χ0v) is 8.75. The van der Waals surface area contributed by atoms with Crippen LogP contribution in [0.15, 0.2) is 0 Å². The Morgan fingerprint density at radius 3 is 2.54 bits per heavy atom. The summed E-state index contributed by atoms with van der Waals surface area (Å²) >= 11 is 0. The number of nitrogens with two attached hydrogens (primary N) is 1. The predicted molar refractivity (Wildman–Crippen MR) is 54.7 cm³/mol. The molecular formula is C10H22N2O. The van der Waals surface area contributed by atoms with Gasteiger partial charge >= 0.3 is 0 Å². The molecule has 0 radical (unpaired) electrons. The van der Waals surface area contributed by atoms with E-state index in [2.05, 4.69) is 19.2 Å². The Labute approximate surface area is 81.0 Å². The topological polar surface area (TPSA) is 47.3 Å². The molecule has 3 nitrogen and oxygen atoms in total. The Bertz CT molecular complexity index is 135. The molecule has 1 heterocycles. The van der Waals surface area contributed by atoms with Gasteiger partial charge in [0.15, 0.2) is 0 Å². The summed E-state index contributed by atoms with van der Waals surface area (Å²) in [6, 6.07) is 1.00. The molecule has 0 bridgehead atoms. The molecule has 1 aliphatic rings. The molecule has 0 amide bonds. The summed E-state index contributed by atoms with van der Waals surface area (Å²) in [6.45, 7) is 6.95. The van der Waals surface area contributed by atoms with Gasteiger partial charge in [-0.05, 0) is 32.6 Å². The van der Waals surface area contributed by atoms with E-state index in [1.165, 1.54) is 12.8 Å². The molecular weight excluding hydrogens is 164 g/mol. The summed E-state index contributed by atoms with van der Waals surface area (Å²) in [5.74, 6) is 0.766. The average molecular weight is 186 g/mol. The van der Waals surface area contributed by atoms with Crippen molar-refractivity contribution >= 4 is 0 Å². The van der Waals surface area contributed by atoms with Gasteiger partial charge in [0.05, 0.1) is 0 Å². The lowest BCUT2D eigenvalue weighted by Gasteiger charge is -2.30. The molecule has 0 aromatic heterocycles. The maximum Gasteiger partial charge on any atom is 0.0469 e. The van der Waals surface area contributed by atoms with Gasteiger partial charge in [-0.3, -0.25) is 0 Å². The third-order valence-electron chi connectivity index (χ3n) is 2.87. The highest BCUT2D eigenvalue weighted by Gasteiger charge is 2.20. The van der Waals surface area contributed by atoms with Crippen LogP contribution < -0.4 is 11.1 Å². The van der Waals surface area contributed by atoms with Crippen molar-refractivity contribution in [2.75, 3.05) is 19.8 Å². The Hall–Kier alpha value is -0.120. The molecule has 2 atom stereocenters. The monoisotopic (exact) mass is 186 g/mol. The number of hydrogen-bond donors (Lipinski definition) is 2. The van der Waals surface area contributed by atoms with Gasteiger partial charge in [0.2, 0.25) is 0 Å². The molecule has 1 saturated heterocycles. The van der Waals surface area contributed by atoms with Crippen molar-refractivity contribution in [1.29, 1.82) is 0 Å². The Morgan fingerprint density at radius 2 is 2.00 bits per heavy atom. The molecule has 13 heavy (non-hydrogen) atoms. The highest BCUT2D eigenvalue weighted by atomic mass is 16.5. The second-order valence-corrected chi connectivity index (χ2v) is 4.04. The predicted octanol–water partition coefficient (Wildman–Crippen LogP) is 0.738. The van der Waals surface area contributed by atoms with Gasteiger partial charge in [-0.1, -0.05) is 0 Å². The van der Waals surface area contributed by atoms with Crippen molar-refractivity contribution in [3.63, 3.8) is 0 Å². The molecule has 0 saturated carbocycles. The van der Waals surface area contributed by atoms with E-state index in [9.17, 15) is 0 Å². The van der Waals surface area contributed by atoms with Crippen molar-refractivity contribution < 1.29 is 4.74 Å². The molecule has 78 valence electrons. The molecule has 0 aromatic rings. The van der Waals surface area contributed by atoms with Crippen LogP contribution in [0.1, 0.15) is 26.7 Å². The van der Waals surface area contributed by atoms with Crippen LogP contribution in [0, 0.1) is 5.92 Å². The molecule has 3 N–H and O–H groups in total. The second kappa shape index (κ2) is 5.58. The van der Waals surface area contributed by atoms with Gasteiger partial charge < -0.3 is 15.8 Å². The van der Waals surface area contributed by atoms with Crippen LogP contribution in [0.25, 0.3) is 0 Å². The van der Waals surface area contributed by atoms with Gasteiger partial charge in [-0.15, -0.1) is 0 Å². The third kappa shape index (κ3) is 3.63. The Kier molecular flexibility index (Phi) is 4.70. The van der Waals surface area contributed by atoms with Crippen molar-refractivity contribution in [2.45, 2.75) is 38.8 Å². The van der Waals surface area contributed by atoms with Crippen LogP contribution in [0.3, 0.4) is 0 Å². The van der Waals surface area contributed by atoms with E-state index >= 15 is 0 Å². The first-order valence-corrected chi connectivity index (χ1v) is 5.28. The molecule has 2 unspecified atom stereocenters. The first kappa shape index (κ1) is 11.0.